The molecule has 12 heteroatoms. The van der Waals surface area contributed by atoms with Gasteiger partial charge in [0.2, 0.25) is 10.0 Å². The van der Waals surface area contributed by atoms with Gasteiger partial charge in [0.25, 0.3) is 5.91 Å². The van der Waals surface area contributed by atoms with E-state index in [1.807, 2.05) is 0 Å². The van der Waals surface area contributed by atoms with Crippen LogP contribution in [0.15, 0.2) is 23.1 Å². The van der Waals surface area contributed by atoms with Gasteiger partial charge in [0.15, 0.2) is 0 Å². The van der Waals surface area contributed by atoms with Crippen LogP contribution in [0.3, 0.4) is 0 Å². The van der Waals surface area contributed by atoms with Crippen molar-refractivity contribution in [2.75, 3.05) is 13.7 Å². The van der Waals surface area contributed by atoms with Crippen molar-refractivity contribution >= 4 is 22.0 Å². The first-order chi connectivity index (χ1) is 13.7. The molecule has 0 spiro atoms. The number of aryl methyl sites for hydroxylation is 1. The van der Waals surface area contributed by atoms with Crippen LogP contribution < -0.4 is 15.4 Å². The van der Waals surface area contributed by atoms with E-state index in [4.69, 9.17) is 4.74 Å². The maximum Gasteiger partial charge on any atom is 0.322 e. The molecule has 1 aromatic carbocycles. The van der Waals surface area contributed by atoms with Crippen LogP contribution in [0.5, 0.6) is 5.75 Å². The van der Waals surface area contributed by atoms with Gasteiger partial charge in [-0.05, 0) is 25.1 Å². The van der Waals surface area contributed by atoms with Gasteiger partial charge in [0, 0.05) is 25.6 Å². The normalized spacial score (nSPS) is 22.2. The van der Waals surface area contributed by atoms with Crippen molar-refractivity contribution < 1.29 is 22.7 Å². The van der Waals surface area contributed by atoms with Crippen LogP contribution in [0.25, 0.3) is 0 Å². The summed E-state index contributed by atoms with van der Waals surface area (Å²) in [7, 11) is -0.695. The molecular weight excluding hydrogens is 400 g/mol. The van der Waals surface area contributed by atoms with Gasteiger partial charge < -0.3 is 10.1 Å². The number of hydrogen-bond donors (Lipinski definition) is 2. The molecule has 3 heterocycles. The van der Waals surface area contributed by atoms with Gasteiger partial charge in [-0.3, -0.25) is 14.8 Å². The van der Waals surface area contributed by atoms with Crippen LogP contribution in [-0.4, -0.2) is 53.3 Å². The fourth-order valence-corrected chi connectivity index (χ4v) is 5.08. The van der Waals surface area contributed by atoms with Gasteiger partial charge >= 0.3 is 6.03 Å². The molecule has 1 fully saturated rings. The summed E-state index contributed by atoms with van der Waals surface area (Å²) in [4.78, 5) is 24.0. The summed E-state index contributed by atoms with van der Waals surface area (Å²) < 4.78 is 34.8. The van der Waals surface area contributed by atoms with Gasteiger partial charge in [-0.15, -0.1) is 5.10 Å². The summed E-state index contributed by atoms with van der Waals surface area (Å²) in [6.45, 7) is 1.89. The molecule has 0 bridgehead atoms. The number of fused-ring (bicyclic) bond motifs is 1. The second-order valence-electron chi connectivity index (χ2n) is 7.09. The average molecular weight is 420 g/mol. The van der Waals surface area contributed by atoms with E-state index >= 15 is 0 Å². The van der Waals surface area contributed by atoms with Gasteiger partial charge in [-0.1, -0.05) is 5.21 Å². The molecule has 2 aromatic rings. The third-order valence-electron chi connectivity index (χ3n) is 5.34. The van der Waals surface area contributed by atoms with Gasteiger partial charge in [-0.25, -0.2) is 13.2 Å². The summed E-state index contributed by atoms with van der Waals surface area (Å²) in [5, 5.41) is 12.7. The van der Waals surface area contributed by atoms with Gasteiger partial charge in [0.1, 0.15) is 17.0 Å². The summed E-state index contributed by atoms with van der Waals surface area (Å²) in [5.74, 6) is -0.295. The molecule has 2 N–H and O–H groups in total. The molecular formula is C17H20N6O5S. The maximum atomic E-state index is 13.3. The topological polar surface area (TPSA) is 136 Å². The van der Waals surface area contributed by atoms with E-state index in [9.17, 15) is 18.0 Å². The van der Waals surface area contributed by atoms with Crippen LogP contribution >= 0.6 is 0 Å². The highest BCUT2D eigenvalue weighted by Crippen LogP contribution is 2.35. The molecule has 1 unspecified atom stereocenters. The molecule has 11 nitrogen and oxygen atoms in total. The van der Waals surface area contributed by atoms with Crippen molar-refractivity contribution in [2.24, 2.45) is 7.05 Å². The molecule has 0 saturated carbocycles. The fourth-order valence-electron chi connectivity index (χ4n) is 3.65. The molecule has 1 saturated heterocycles. The minimum atomic E-state index is -3.87. The van der Waals surface area contributed by atoms with Gasteiger partial charge in [-0.2, -0.15) is 4.31 Å². The zero-order valence-corrected chi connectivity index (χ0v) is 16.9. The molecule has 0 radical (unpaired) electrons. The second kappa shape index (κ2) is 6.52. The summed E-state index contributed by atoms with van der Waals surface area (Å²) in [6.07, 6.45) is 0.497. The minimum Gasteiger partial charge on any atom is -0.496 e. The highest BCUT2D eigenvalue weighted by molar-refractivity contribution is 7.89. The highest BCUT2D eigenvalue weighted by atomic mass is 32.2. The third-order valence-corrected chi connectivity index (χ3v) is 7.18. The number of hydrogen-bond acceptors (Lipinski definition) is 7. The number of methoxy groups -OCH3 is 1. The highest BCUT2D eigenvalue weighted by Gasteiger charge is 2.46. The Morgan fingerprint density at radius 2 is 2.03 bits per heavy atom. The number of nitrogens with zero attached hydrogens (tertiary/aromatic N) is 4. The number of urea groups is 1. The van der Waals surface area contributed by atoms with Crippen molar-refractivity contribution in [1.29, 1.82) is 0 Å². The lowest BCUT2D eigenvalue weighted by Crippen LogP contribution is -2.41. The van der Waals surface area contributed by atoms with Crippen LogP contribution in [0.2, 0.25) is 0 Å². The zero-order valence-electron chi connectivity index (χ0n) is 16.1. The Morgan fingerprint density at radius 3 is 2.69 bits per heavy atom. The number of rotatable bonds is 4. The smallest absolute Gasteiger partial charge is 0.322 e. The van der Waals surface area contributed by atoms with Crippen molar-refractivity contribution in [3.8, 4) is 5.75 Å². The molecule has 0 aliphatic carbocycles. The number of amides is 3. The van der Waals surface area contributed by atoms with Crippen molar-refractivity contribution in [3.63, 3.8) is 0 Å². The SMILES string of the molecule is COc1ccc(S(=O)(=O)N2CCc3c(nnn3C)C2)cc1C1(C)NC(=O)NC1=O. The predicted molar refractivity (Wildman–Crippen MR) is 99.3 cm³/mol. The standard InChI is InChI=1S/C17H20N6O5S/c1-17(15(24)18-16(25)19-17)11-8-10(4-5-14(11)28-3)29(26,27)23-7-6-13-12(9-23)20-21-22(13)2/h4-5,8H,6-7,9H2,1-3H3,(H2,18,19,24,25). The first kappa shape index (κ1) is 19.3. The van der Waals surface area contributed by atoms with E-state index in [0.29, 0.717) is 17.9 Å². The molecule has 3 amide bonds. The number of sulfonamides is 1. The Hall–Kier alpha value is -2.99. The lowest BCUT2D eigenvalue weighted by molar-refractivity contribution is -0.123. The number of carbonyl (C=O) groups excluding carboxylic acids is 2. The van der Waals surface area contributed by atoms with E-state index in [1.54, 1.807) is 11.7 Å². The zero-order chi connectivity index (χ0) is 21.0. The van der Waals surface area contributed by atoms with Crippen LogP contribution in [0.4, 0.5) is 4.79 Å². The Balaban J connectivity index is 1.74. The number of nitrogens with one attached hydrogen (secondary N) is 2. The second-order valence-corrected chi connectivity index (χ2v) is 9.03. The van der Waals surface area contributed by atoms with E-state index in [2.05, 4.69) is 20.9 Å². The molecule has 29 heavy (non-hydrogen) atoms. The monoisotopic (exact) mass is 420 g/mol. The largest absolute Gasteiger partial charge is 0.496 e. The molecule has 154 valence electrons. The number of imide groups is 1. The molecule has 2 aliphatic rings. The Labute approximate surface area is 167 Å². The lowest BCUT2D eigenvalue weighted by Gasteiger charge is -2.27. The Bertz CT molecular complexity index is 1130. The lowest BCUT2D eigenvalue weighted by atomic mass is 9.91. The molecule has 2 aliphatic heterocycles. The summed E-state index contributed by atoms with van der Waals surface area (Å²) >= 11 is 0. The van der Waals surface area contributed by atoms with Crippen LogP contribution in [-0.2, 0) is 40.4 Å². The number of benzene rings is 1. The first-order valence-corrected chi connectivity index (χ1v) is 10.3. The molecule has 4 rings (SSSR count). The maximum absolute atomic E-state index is 13.3. The van der Waals surface area contributed by atoms with Gasteiger partial charge in [0.05, 0.1) is 24.2 Å². The molecule has 1 atom stereocenters. The number of aromatic nitrogens is 3. The van der Waals surface area contributed by atoms with E-state index in [1.165, 1.54) is 36.5 Å². The minimum absolute atomic E-state index is 0.00388. The van der Waals surface area contributed by atoms with Crippen molar-refractivity contribution in [1.82, 2.24) is 29.9 Å². The third kappa shape index (κ3) is 2.95. The Kier molecular flexibility index (Phi) is 4.35. The molecule has 1 aromatic heterocycles. The fraction of sp³-hybridized carbons (Fsp3) is 0.412. The summed E-state index contributed by atoms with van der Waals surface area (Å²) in [5.41, 5.74) is 0.324. The first-order valence-electron chi connectivity index (χ1n) is 8.86. The van der Waals surface area contributed by atoms with Crippen molar-refractivity contribution in [2.45, 2.75) is 30.3 Å². The number of ether oxygens (including phenoxy) is 1. The van der Waals surface area contributed by atoms with E-state index in [0.717, 1.165) is 5.69 Å². The van der Waals surface area contributed by atoms with Crippen LogP contribution in [0, 0.1) is 0 Å². The number of carbonyl (C=O) groups is 2. The predicted octanol–water partition coefficient (Wildman–Crippen LogP) is -0.375. The van der Waals surface area contributed by atoms with E-state index < -0.39 is 27.5 Å². The average Bonchev–Trinajstić information content (AvgIpc) is 3.19. The van der Waals surface area contributed by atoms with Crippen LogP contribution in [0.1, 0.15) is 23.9 Å². The van der Waals surface area contributed by atoms with E-state index in [-0.39, 0.29) is 23.5 Å². The quantitative estimate of drug-likeness (QED) is 0.644. The summed E-state index contributed by atoms with van der Waals surface area (Å²) in [6, 6.07) is 3.61. The Morgan fingerprint density at radius 1 is 1.28 bits per heavy atom. The van der Waals surface area contributed by atoms with Crippen molar-refractivity contribution in [3.05, 3.63) is 35.2 Å².